The van der Waals surface area contributed by atoms with Crippen LogP contribution in [0.15, 0.2) is 30.5 Å². The van der Waals surface area contributed by atoms with Crippen LogP contribution < -0.4 is 10.5 Å². The maximum absolute atomic E-state index is 12.9. The van der Waals surface area contributed by atoms with Crippen LogP contribution in [0.25, 0.3) is 11.3 Å². The Bertz CT molecular complexity index is 823. The third-order valence-electron chi connectivity index (χ3n) is 5.57. The summed E-state index contributed by atoms with van der Waals surface area (Å²) in [5, 5.41) is 0. The highest BCUT2D eigenvalue weighted by molar-refractivity contribution is 7.80. The predicted molar refractivity (Wildman–Crippen MR) is 119 cm³/mol. The van der Waals surface area contributed by atoms with Crippen molar-refractivity contribution < 1.29 is 9.53 Å². The maximum Gasteiger partial charge on any atom is 0.241 e. The van der Waals surface area contributed by atoms with E-state index in [9.17, 15) is 4.79 Å². The Labute approximate surface area is 178 Å². The van der Waals surface area contributed by atoms with E-state index in [0.717, 1.165) is 42.1 Å². The average molecular weight is 417 g/mol. The highest BCUT2D eigenvalue weighted by Gasteiger charge is 2.34. The molecular formula is C22H32N4O2S. The van der Waals surface area contributed by atoms with Crippen LogP contribution in [0.5, 0.6) is 5.75 Å². The summed E-state index contributed by atoms with van der Waals surface area (Å²) >= 11 is 4.22. The lowest BCUT2D eigenvalue weighted by Gasteiger charge is -2.37. The van der Waals surface area contributed by atoms with Gasteiger partial charge in [-0.25, -0.2) is 4.98 Å². The quantitative estimate of drug-likeness (QED) is 0.483. The zero-order valence-corrected chi connectivity index (χ0v) is 18.3. The van der Waals surface area contributed by atoms with Crippen LogP contribution in [0.1, 0.15) is 50.9 Å². The lowest BCUT2D eigenvalue weighted by Crippen LogP contribution is -2.50. The first-order valence-corrected chi connectivity index (χ1v) is 11.1. The van der Waals surface area contributed by atoms with Crippen molar-refractivity contribution in [2.75, 3.05) is 19.4 Å². The normalized spacial score (nSPS) is 17.1. The Hall–Kier alpha value is -1.99. The van der Waals surface area contributed by atoms with Gasteiger partial charge in [0.15, 0.2) is 0 Å². The van der Waals surface area contributed by atoms with Crippen LogP contribution in [0.3, 0.4) is 0 Å². The summed E-state index contributed by atoms with van der Waals surface area (Å²) in [5.41, 5.74) is 7.87. The molecule has 2 atom stereocenters. The molecule has 2 N–H and O–H groups in total. The van der Waals surface area contributed by atoms with Gasteiger partial charge in [-0.15, -0.1) is 0 Å². The Morgan fingerprint density at radius 1 is 1.31 bits per heavy atom. The molecule has 0 bridgehead atoms. The molecule has 2 unspecified atom stereocenters. The summed E-state index contributed by atoms with van der Waals surface area (Å²) in [6.07, 6.45) is 7.59. The number of aromatic nitrogens is 2. The fraction of sp³-hybridized carbons (Fsp3) is 0.545. The smallest absolute Gasteiger partial charge is 0.241 e. The molecule has 0 fully saturated rings. The standard InChI is InChI=1S/C22H32N4O2S/c1-3-4-5-6-10-19-21-24-18(16-9-7-8-11-20(16)28-2)14-25(21)12-13-26(19)22(27)17(23)15-29/h7-9,11,14,17,19,29H,3-6,10,12-13,15,23H2,1-2H3. The van der Waals surface area contributed by atoms with Gasteiger partial charge >= 0.3 is 0 Å². The van der Waals surface area contributed by atoms with Gasteiger partial charge in [-0.3, -0.25) is 4.79 Å². The van der Waals surface area contributed by atoms with Crippen molar-refractivity contribution in [3.05, 3.63) is 36.3 Å². The molecule has 2 aromatic rings. The van der Waals surface area contributed by atoms with Crippen LogP contribution in [0, 0.1) is 0 Å². The predicted octanol–water partition coefficient (Wildman–Crippen LogP) is 3.67. The van der Waals surface area contributed by atoms with E-state index in [1.54, 1.807) is 7.11 Å². The van der Waals surface area contributed by atoms with Gasteiger partial charge in [0, 0.05) is 30.6 Å². The van der Waals surface area contributed by atoms with Crippen molar-refractivity contribution in [2.45, 2.75) is 57.7 Å². The zero-order chi connectivity index (χ0) is 20.8. The van der Waals surface area contributed by atoms with Crippen molar-refractivity contribution in [2.24, 2.45) is 5.73 Å². The van der Waals surface area contributed by atoms with Crippen molar-refractivity contribution in [1.29, 1.82) is 0 Å². The molecule has 0 aliphatic carbocycles. The Morgan fingerprint density at radius 3 is 2.83 bits per heavy atom. The number of benzene rings is 1. The number of ether oxygens (including phenoxy) is 1. The number of thiol groups is 1. The largest absolute Gasteiger partial charge is 0.496 e. The highest BCUT2D eigenvalue weighted by atomic mass is 32.1. The Balaban J connectivity index is 1.92. The molecule has 1 aliphatic heterocycles. The molecule has 7 heteroatoms. The van der Waals surface area contributed by atoms with Crippen LogP contribution in [0.4, 0.5) is 0 Å². The van der Waals surface area contributed by atoms with Gasteiger partial charge in [-0.05, 0) is 18.6 Å². The number of fused-ring (bicyclic) bond motifs is 1. The fourth-order valence-electron chi connectivity index (χ4n) is 3.98. The van der Waals surface area contributed by atoms with E-state index >= 15 is 0 Å². The summed E-state index contributed by atoms with van der Waals surface area (Å²) in [4.78, 5) is 19.8. The van der Waals surface area contributed by atoms with Gasteiger partial charge in [0.2, 0.25) is 5.91 Å². The molecule has 0 spiro atoms. The third-order valence-corrected chi connectivity index (χ3v) is 5.97. The minimum atomic E-state index is -0.577. The topological polar surface area (TPSA) is 73.4 Å². The average Bonchev–Trinajstić information content (AvgIpc) is 3.20. The number of amides is 1. The molecular weight excluding hydrogens is 384 g/mol. The number of carbonyl (C=O) groups excluding carboxylic acids is 1. The van der Waals surface area contributed by atoms with Gasteiger partial charge in [-0.2, -0.15) is 12.6 Å². The summed E-state index contributed by atoms with van der Waals surface area (Å²) in [6, 6.07) is 7.27. The Kier molecular flexibility index (Phi) is 7.61. The summed E-state index contributed by atoms with van der Waals surface area (Å²) in [5.74, 6) is 2.05. The number of para-hydroxylation sites is 1. The number of hydrogen-bond acceptors (Lipinski definition) is 5. The second-order valence-corrected chi connectivity index (χ2v) is 7.93. The summed E-state index contributed by atoms with van der Waals surface area (Å²) < 4.78 is 7.70. The van der Waals surface area contributed by atoms with Crippen molar-refractivity contribution in [3.63, 3.8) is 0 Å². The van der Waals surface area contributed by atoms with Gasteiger partial charge in [0.1, 0.15) is 11.6 Å². The number of hydrogen-bond donors (Lipinski definition) is 2. The molecule has 1 aromatic carbocycles. The minimum absolute atomic E-state index is 0.0337. The Morgan fingerprint density at radius 2 is 2.10 bits per heavy atom. The van der Waals surface area contributed by atoms with E-state index in [1.807, 2.05) is 29.2 Å². The van der Waals surface area contributed by atoms with Gasteiger partial charge in [0.05, 0.1) is 24.9 Å². The molecule has 2 heterocycles. The lowest BCUT2D eigenvalue weighted by molar-refractivity contribution is -0.136. The van der Waals surface area contributed by atoms with Crippen LogP contribution in [0.2, 0.25) is 0 Å². The van der Waals surface area contributed by atoms with E-state index in [2.05, 4.69) is 30.3 Å². The zero-order valence-electron chi connectivity index (χ0n) is 17.4. The number of rotatable bonds is 9. The van der Waals surface area contributed by atoms with Crippen molar-refractivity contribution >= 4 is 18.5 Å². The number of imidazole rings is 1. The van der Waals surface area contributed by atoms with Gasteiger partial charge in [0.25, 0.3) is 0 Å². The van der Waals surface area contributed by atoms with Crippen LogP contribution >= 0.6 is 12.6 Å². The van der Waals surface area contributed by atoms with Crippen LogP contribution in [-0.4, -0.2) is 45.8 Å². The number of methoxy groups -OCH3 is 1. The van der Waals surface area contributed by atoms with Gasteiger partial charge in [-0.1, -0.05) is 44.7 Å². The SMILES string of the molecule is CCCCCCC1c2nc(-c3ccccc3OC)cn2CCN1C(=O)C(N)CS. The molecule has 1 amide bonds. The van der Waals surface area contributed by atoms with E-state index in [-0.39, 0.29) is 11.9 Å². The highest BCUT2D eigenvalue weighted by Crippen LogP contribution is 2.35. The fourth-order valence-corrected chi connectivity index (χ4v) is 4.13. The van der Waals surface area contributed by atoms with E-state index in [4.69, 9.17) is 15.5 Å². The third kappa shape index (κ3) is 4.78. The second kappa shape index (κ2) is 10.2. The number of nitrogens with two attached hydrogens (primary N) is 1. The van der Waals surface area contributed by atoms with Crippen molar-refractivity contribution in [1.82, 2.24) is 14.5 Å². The number of unbranched alkanes of at least 4 members (excludes halogenated alkanes) is 3. The van der Waals surface area contributed by atoms with Gasteiger partial charge < -0.3 is 19.9 Å². The van der Waals surface area contributed by atoms with E-state index < -0.39 is 6.04 Å². The molecule has 0 radical (unpaired) electrons. The monoisotopic (exact) mass is 416 g/mol. The molecule has 158 valence electrons. The molecule has 0 saturated carbocycles. The van der Waals surface area contributed by atoms with E-state index in [0.29, 0.717) is 18.8 Å². The first-order chi connectivity index (χ1) is 14.1. The molecule has 6 nitrogen and oxygen atoms in total. The first-order valence-electron chi connectivity index (χ1n) is 10.5. The molecule has 0 saturated heterocycles. The second-order valence-electron chi connectivity index (χ2n) is 7.56. The molecule has 1 aromatic heterocycles. The summed E-state index contributed by atoms with van der Waals surface area (Å²) in [7, 11) is 1.67. The number of carbonyl (C=O) groups is 1. The number of nitrogens with zero attached hydrogens (tertiary/aromatic N) is 3. The maximum atomic E-state index is 12.9. The summed E-state index contributed by atoms with van der Waals surface area (Å²) in [6.45, 7) is 3.57. The lowest BCUT2D eigenvalue weighted by atomic mass is 10.0. The molecule has 29 heavy (non-hydrogen) atoms. The van der Waals surface area contributed by atoms with Crippen molar-refractivity contribution in [3.8, 4) is 17.0 Å². The van der Waals surface area contributed by atoms with Crippen LogP contribution in [-0.2, 0) is 11.3 Å². The first kappa shape index (κ1) is 21.7. The molecule has 1 aliphatic rings. The minimum Gasteiger partial charge on any atom is -0.496 e. The molecule has 3 rings (SSSR count). The van der Waals surface area contributed by atoms with E-state index in [1.165, 1.54) is 12.8 Å².